The average Bonchev–Trinajstić information content (AvgIpc) is 2.97. The lowest BCUT2D eigenvalue weighted by Crippen LogP contribution is -2.44. The Morgan fingerprint density at radius 1 is 1.04 bits per heavy atom. The molecule has 1 aromatic carbocycles. The molecule has 128 valence electrons. The zero-order chi connectivity index (χ0) is 16.6. The number of benzene rings is 1. The number of piperidine rings is 1. The van der Waals surface area contributed by atoms with Crippen molar-refractivity contribution in [1.29, 1.82) is 0 Å². The summed E-state index contributed by atoms with van der Waals surface area (Å²) in [5, 5.41) is 8.14. The van der Waals surface area contributed by atoms with E-state index < -0.39 is 0 Å². The Hall–Kier alpha value is -2.47. The number of nitrogens with one attached hydrogen (secondary N) is 1. The van der Waals surface area contributed by atoms with E-state index in [0.29, 0.717) is 12.0 Å². The highest BCUT2D eigenvalue weighted by Crippen LogP contribution is 2.34. The number of aromatic amines is 1. The van der Waals surface area contributed by atoms with Crippen molar-refractivity contribution < 1.29 is 0 Å². The first-order valence-electron chi connectivity index (χ1n) is 9.04. The van der Waals surface area contributed by atoms with Crippen molar-refractivity contribution in [3.05, 3.63) is 48.4 Å². The van der Waals surface area contributed by atoms with Gasteiger partial charge >= 0.3 is 0 Å². The molecule has 1 N–H and O–H groups in total. The van der Waals surface area contributed by atoms with Crippen LogP contribution in [0.25, 0.3) is 11.0 Å². The van der Waals surface area contributed by atoms with Gasteiger partial charge in [0.2, 0.25) is 0 Å². The molecule has 2 bridgehead atoms. The van der Waals surface area contributed by atoms with E-state index in [2.05, 4.69) is 60.3 Å². The summed E-state index contributed by atoms with van der Waals surface area (Å²) in [7, 11) is 0. The van der Waals surface area contributed by atoms with E-state index in [1.165, 1.54) is 24.9 Å². The largest absolute Gasteiger partial charge is 0.351 e. The molecule has 6 nitrogen and oxygen atoms in total. The molecule has 6 heteroatoms. The zero-order valence-electron chi connectivity index (χ0n) is 14.2. The summed E-state index contributed by atoms with van der Waals surface area (Å²) in [5.41, 5.74) is 2.22. The van der Waals surface area contributed by atoms with Crippen molar-refractivity contribution >= 4 is 16.9 Å². The molecule has 2 aromatic heterocycles. The van der Waals surface area contributed by atoms with Gasteiger partial charge in [0.05, 0.1) is 11.6 Å². The number of anilines is 1. The number of hydrogen-bond donors (Lipinski definition) is 1. The number of nitrogens with zero attached hydrogens (tertiary/aromatic N) is 5. The van der Waals surface area contributed by atoms with Gasteiger partial charge in [0.25, 0.3) is 0 Å². The van der Waals surface area contributed by atoms with Gasteiger partial charge in [-0.15, -0.1) is 0 Å². The molecule has 2 atom stereocenters. The van der Waals surface area contributed by atoms with Crippen molar-refractivity contribution in [3.8, 4) is 0 Å². The molecule has 3 fully saturated rings. The van der Waals surface area contributed by atoms with Gasteiger partial charge in [0.15, 0.2) is 5.65 Å². The lowest BCUT2D eigenvalue weighted by Gasteiger charge is -2.37. The molecule has 0 aliphatic carbocycles. The van der Waals surface area contributed by atoms with Crippen molar-refractivity contribution in [1.82, 2.24) is 25.1 Å². The molecule has 0 unspecified atom stereocenters. The molecule has 3 aromatic rings. The lowest BCUT2D eigenvalue weighted by atomic mass is 9.95. The highest BCUT2D eigenvalue weighted by atomic mass is 15.3. The fourth-order valence-electron chi connectivity index (χ4n) is 4.39. The normalized spacial score (nSPS) is 23.9. The highest BCUT2D eigenvalue weighted by molar-refractivity contribution is 5.86. The standard InChI is InChI=1S/C19H22N6/c1-2-4-14(5-3-1)9-24-10-15-6-7-16(12-24)25(11-15)19-17-8-22-23-18(17)20-13-21-19/h1-5,8,13,15-16H,6-7,9-12H2,(H,20,21,22,23)/t15-,16+/m1/s1. The first kappa shape index (κ1) is 14.8. The van der Waals surface area contributed by atoms with Crippen LogP contribution >= 0.6 is 0 Å². The van der Waals surface area contributed by atoms with Crippen molar-refractivity contribution in [3.63, 3.8) is 0 Å². The van der Waals surface area contributed by atoms with E-state index in [1.54, 1.807) is 6.33 Å². The van der Waals surface area contributed by atoms with E-state index in [1.807, 2.05) is 6.20 Å². The number of H-pyrrole nitrogens is 1. The van der Waals surface area contributed by atoms with Crippen LogP contribution in [0.2, 0.25) is 0 Å². The van der Waals surface area contributed by atoms with Crippen LogP contribution in [0.5, 0.6) is 0 Å². The summed E-state index contributed by atoms with van der Waals surface area (Å²) in [6.07, 6.45) is 6.05. The van der Waals surface area contributed by atoms with Crippen LogP contribution in [0.15, 0.2) is 42.9 Å². The van der Waals surface area contributed by atoms with Crippen LogP contribution in [-0.2, 0) is 6.54 Å². The minimum atomic E-state index is 0.510. The third-order valence-electron chi connectivity index (χ3n) is 5.54. The number of hydrogen-bond acceptors (Lipinski definition) is 5. The zero-order valence-corrected chi connectivity index (χ0v) is 14.2. The van der Waals surface area contributed by atoms with Gasteiger partial charge in [0, 0.05) is 32.2 Å². The minimum Gasteiger partial charge on any atom is -0.351 e. The molecular weight excluding hydrogens is 312 g/mol. The summed E-state index contributed by atoms with van der Waals surface area (Å²) in [6.45, 7) is 4.37. The number of fused-ring (bicyclic) bond motifs is 5. The van der Waals surface area contributed by atoms with E-state index in [0.717, 1.165) is 36.5 Å². The Kier molecular flexibility index (Phi) is 3.63. The Morgan fingerprint density at radius 3 is 2.88 bits per heavy atom. The first-order valence-corrected chi connectivity index (χ1v) is 9.04. The van der Waals surface area contributed by atoms with E-state index in [-0.39, 0.29) is 0 Å². The molecule has 0 saturated carbocycles. The second-order valence-electron chi connectivity index (χ2n) is 7.26. The van der Waals surface area contributed by atoms with E-state index in [4.69, 9.17) is 0 Å². The molecule has 0 amide bonds. The SMILES string of the molecule is c1ccc(CN2C[C@H]3CC[C@@H](C2)N(c2ncnc4[nH]ncc24)C3)cc1. The van der Waals surface area contributed by atoms with Gasteiger partial charge in [-0.3, -0.25) is 10.00 Å². The Balaban J connectivity index is 1.42. The van der Waals surface area contributed by atoms with Crippen LogP contribution in [0.1, 0.15) is 18.4 Å². The maximum atomic E-state index is 4.61. The van der Waals surface area contributed by atoms with E-state index >= 15 is 0 Å². The third-order valence-corrected chi connectivity index (χ3v) is 5.54. The van der Waals surface area contributed by atoms with Gasteiger partial charge in [-0.1, -0.05) is 30.3 Å². The van der Waals surface area contributed by atoms with Gasteiger partial charge in [-0.25, -0.2) is 9.97 Å². The summed E-state index contributed by atoms with van der Waals surface area (Å²) in [5.74, 6) is 1.73. The van der Waals surface area contributed by atoms with Crippen molar-refractivity contribution in [2.45, 2.75) is 25.4 Å². The fourth-order valence-corrected chi connectivity index (χ4v) is 4.39. The quantitative estimate of drug-likeness (QED) is 0.797. The molecule has 6 rings (SSSR count). The molecule has 25 heavy (non-hydrogen) atoms. The predicted molar refractivity (Wildman–Crippen MR) is 97.3 cm³/mol. The molecule has 5 heterocycles. The molecule has 0 spiro atoms. The Morgan fingerprint density at radius 2 is 1.96 bits per heavy atom. The maximum absolute atomic E-state index is 4.61. The second-order valence-corrected chi connectivity index (χ2v) is 7.26. The Bertz CT molecular complexity index is 860. The van der Waals surface area contributed by atoms with E-state index in [9.17, 15) is 0 Å². The van der Waals surface area contributed by atoms with Crippen molar-refractivity contribution in [2.75, 3.05) is 24.5 Å². The molecule has 3 saturated heterocycles. The number of aromatic nitrogens is 4. The summed E-state index contributed by atoms with van der Waals surface area (Å²) >= 11 is 0. The minimum absolute atomic E-state index is 0.510. The molecular formula is C19H22N6. The smallest absolute Gasteiger partial charge is 0.160 e. The monoisotopic (exact) mass is 334 g/mol. The second kappa shape index (κ2) is 6.11. The van der Waals surface area contributed by atoms with Gasteiger partial charge in [-0.05, 0) is 24.3 Å². The predicted octanol–water partition coefficient (Wildman–Crippen LogP) is 2.45. The van der Waals surface area contributed by atoms with Crippen LogP contribution < -0.4 is 4.90 Å². The van der Waals surface area contributed by atoms with Crippen molar-refractivity contribution in [2.24, 2.45) is 5.92 Å². The van der Waals surface area contributed by atoms with Crippen LogP contribution in [0.4, 0.5) is 5.82 Å². The first-order chi connectivity index (χ1) is 12.4. The molecule has 3 aliphatic heterocycles. The van der Waals surface area contributed by atoms with Gasteiger partial charge < -0.3 is 4.90 Å². The van der Waals surface area contributed by atoms with Gasteiger partial charge in [0.1, 0.15) is 12.1 Å². The lowest BCUT2D eigenvalue weighted by molar-refractivity contribution is 0.256. The molecule has 3 aliphatic rings. The topological polar surface area (TPSA) is 60.9 Å². The number of rotatable bonds is 3. The average molecular weight is 334 g/mol. The Labute approximate surface area is 146 Å². The maximum Gasteiger partial charge on any atom is 0.160 e. The fraction of sp³-hybridized carbons (Fsp3) is 0.421. The van der Waals surface area contributed by atoms with Crippen LogP contribution in [0.3, 0.4) is 0 Å². The summed E-state index contributed by atoms with van der Waals surface area (Å²) < 4.78 is 0. The summed E-state index contributed by atoms with van der Waals surface area (Å²) in [4.78, 5) is 14.0. The van der Waals surface area contributed by atoms with Crippen LogP contribution in [-0.4, -0.2) is 50.7 Å². The summed E-state index contributed by atoms with van der Waals surface area (Å²) in [6, 6.07) is 11.3. The van der Waals surface area contributed by atoms with Gasteiger partial charge in [-0.2, -0.15) is 5.10 Å². The third kappa shape index (κ3) is 2.76. The van der Waals surface area contributed by atoms with Crippen LogP contribution in [0, 0.1) is 5.92 Å². The highest BCUT2D eigenvalue weighted by Gasteiger charge is 2.36. The molecule has 0 radical (unpaired) electrons.